The Kier molecular flexibility index (Phi) is 3.46. The summed E-state index contributed by atoms with van der Waals surface area (Å²) in [6.07, 6.45) is 2.01. The Labute approximate surface area is 52.0 Å². The van der Waals surface area contributed by atoms with E-state index < -0.39 is 10.8 Å². The lowest BCUT2D eigenvalue weighted by atomic mass is 10.4. The highest BCUT2D eigenvalue weighted by molar-refractivity contribution is 7.84. The fraction of sp³-hybridized carbons (Fsp3) is 0.800. The van der Waals surface area contributed by atoms with Gasteiger partial charge in [0.2, 0.25) is 0 Å². The topological polar surface area (TPSA) is 40.9 Å². The molecule has 46 valence electrons. The molecule has 0 aromatic heterocycles. The van der Waals surface area contributed by atoms with E-state index in [1.54, 1.807) is 13.2 Å². The van der Waals surface area contributed by atoms with Gasteiger partial charge in [-0.25, -0.2) is 0 Å². The highest BCUT2D eigenvalue weighted by Crippen LogP contribution is 1.95. The summed E-state index contributed by atoms with van der Waals surface area (Å²) >= 11 is 0. The highest BCUT2D eigenvalue weighted by atomic mass is 32.2. The van der Waals surface area contributed by atoms with Crippen molar-refractivity contribution in [1.29, 1.82) is 5.26 Å². The molecule has 0 heterocycles. The van der Waals surface area contributed by atoms with Gasteiger partial charge in [0.1, 0.15) is 0 Å². The molecule has 2 atom stereocenters. The molecule has 0 aromatic rings. The second-order valence-electron chi connectivity index (χ2n) is 1.67. The van der Waals surface area contributed by atoms with Crippen LogP contribution < -0.4 is 0 Å². The average molecular weight is 131 g/mol. The van der Waals surface area contributed by atoms with E-state index >= 15 is 0 Å². The zero-order valence-corrected chi connectivity index (χ0v) is 5.86. The van der Waals surface area contributed by atoms with Gasteiger partial charge in [0, 0.05) is 28.7 Å². The molecular weight excluding hydrogens is 122 g/mol. The van der Waals surface area contributed by atoms with E-state index in [0.29, 0.717) is 6.42 Å². The van der Waals surface area contributed by atoms with Crippen molar-refractivity contribution >= 4 is 10.8 Å². The number of nitriles is 1. The average Bonchev–Trinajstić information content (AvgIpc) is 1.67. The Balaban J connectivity index is 3.52. The molecule has 0 amide bonds. The summed E-state index contributed by atoms with van der Waals surface area (Å²) in [5.41, 5.74) is 0. The molecular formula is C5H9NOS. The van der Waals surface area contributed by atoms with Crippen LogP contribution in [0.2, 0.25) is 0 Å². The van der Waals surface area contributed by atoms with Gasteiger partial charge in [-0.05, 0) is 6.92 Å². The maximum absolute atomic E-state index is 10.5. The molecule has 0 saturated carbocycles. The van der Waals surface area contributed by atoms with Gasteiger partial charge in [-0.15, -0.1) is 0 Å². The Hall–Kier alpha value is -0.360. The number of nitrogens with zero attached hydrogens (tertiary/aromatic N) is 1. The molecule has 0 spiro atoms. The first kappa shape index (κ1) is 7.64. The summed E-state index contributed by atoms with van der Waals surface area (Å²) in [7, 11) is -0.833. The number of hydrogen-bond acceptors (Lipinski definition) is 2. The molecule has 0 bridgehead atoms. The molecule has 0 radical (unpaired) electrons. The second-order valence-corrected chi connectivity index (χ2v) is 3.47. The lowest BCUT2D eigenvalue weighted by molar-refractivity contribution is 0.678. The van der Waals surface area contributed by atoms with E-state index in [0.717, 1.165) is 0 Å². The van der Waals surface area contributed by atoms with Crippen molar-refractivity contribution in [3.8, 4) is 6.07 Å². The molecule has 0 saturated heterocycles. The number of hydrogen-bond donors (Lipinski definition) is 0. The zero-order valence-electron chi connectivity index (χ0n) is 5.05. The summed E-state index contributed by atoms with van der Waals surface area (Å²) < 4.78 is 10.5. The van der Waals surface area contributed by atoms with Gasteiger partial charge in [0.25, 0.3) is 0 Å². The first-order chi connectivity index (χ1) is 3.68. The minimum absolute atomic E-state index is 0.0278. The zero-order chi connectivity index (χ0) is 6.57. The maximum Gasteiger partial charge on any atom is 0.0634 e. The van der Waals surface area contributed by atoms with Crippen LogP contribution in [0.3, 0.4) is 0 Å². The minimum atomic E-state index is -0.833. The van der Waals surface area contributed by atoms with Crippen LogP contribution in [0, 0.1) is 11.3 Å². The smallest absolute Gasteiger partial charge is 0.0634 e. The molecule has 0 N–H and O–H groups in total. The van der Waals surface area contributed by atoms with Crippen LogP contribution in [-0.2, 0) is 10.8 Å². The Morgan fingerprint density at radius 1 is 1.88 bits per heavy atom. The predicted octanol–water partition coefficient (Wildman–Crippen LogP) is 0.667. The van der Waals surface area contributed by atoms with Crippen molar-refractivity contribution < 1.29 is 4.21 Å². The van der Waals surface area contributed by atoms with E-state index in [4.69, 9.17) is 5.26 Å². The molecule has 2 unspecified atom stereocenters. The third-order valence-electron chi connectivity index (χ3n) is 0.945. The lowest BCUT2D eigenvalue weighted by Crippen LogP contribution is -2.06. The van der Waals surface area contributed by atoms with Gasteiger partial charge < -0.3 is 0 Å². The van der Waals surface area contributed by atoms with Gasteiger partial charge in [-0.1, -0.05) is 0 Å². The van der Waals surface area contributed by atoms with Crippen LogP contribution in [0.15, 0.2) is 0 Å². The summed E-state index contributed by atoms with van der Waals surface area (Å²) in [6.45, 7) is 1.80. The van der Waals surface area contributed by atoms with E-state index in [-0.39, 0.29) is 5.25 Å². The van der Waals surface area contributed by atoms with Crippen LogP contribution >= 0.6 is 0 Å². The molecule has 0 aliphatic rings. The molecule has 0 fully saturated rings. The summed E-state index contributed by atoms with van der Waals surface area (Å²) in [5, 5.41) is 8.13. The predicted molar refractivity (Wildman–Crippen MR) is 33.8 cm³/mol. The van der Waals surface area contributed by atoms with E-state index in [1.807, 2.05) is 6.07 Å². The Bertz CT molecular complexity index is 127. The Morgan fingerprint density at radius 2 is 2.38 bits per heavy atom. The summed E-state index contributed by atoms with van der Waals surface area (Å²) in [5.74, 6) is 0. The van der Waals surface area contributed by atoms with E-state index in [1.165, 1.54) is 0 Å². The van der Waals surface area contributed by atoms with Crippen LogP contribution in [0.25, 0.3) is 0 Å². The van der Waals surface area contributed by atoms with E-state index in [2.05, 4.69) is 0 Å². The molecule has 0 aliphatic carbocycles. The summed E-state index contributed by atoms with van der Waals surface area (Å²) in [6, 6.07) is 1.96. The largest absolute Gasteiger partial charge is 0.260 e. The lowest BCUT2D eigenvalue weighted by Gasteiger charge is -1.98. The van der Waals surface area contributed by atoms with Crippen LogP contribution in [0.5, 0.6) is 0 Å². The van der Waals surface area contributed by atoms with Crippen molar-refractivity contribution in [3.05, 3.63) is 0 Å². The van der Waals surface area contributed by atoms with Gasteiger partial charge in [-0.2, -0.15) is 5.26 Å². The van der Waals surface area contributed by atoms with Gasteiger partial charge in [0.05, 0.1) is 6.07 Å². The standard InChI is InChI=1S/C5H9NOS/c1-5(3-4-6)8(2)7/h5H,3H2,1-2H3. The van der Waals surface area contributed by atoms with Gasteiger partial charge in [0.15, 0.2) is 0 Å². The van der Waals surface area contributed by atoms with Crippen molar-refractivity contribution in [3.63, 3.8) is 0 Å². The van der Waals surface area contributed by atoms with Crippen LogP contribution in [-0.4, -0.2) is 15.7 Å². The van der Waals surface area contributed by atoms with Crippen molar-refractivity contribution in [2.75, 3.05) is 6.26 Å². The van der Waals surface area contributed by atoms with Crippen molar-refractivity contribution in [1.82, 2.24) is 0 Å². The minimum Gasteiger partial charge on any atom is -0.260 e. The first-order valence-corrected chi connectivity index (χ1v) is 3.99. The SMILES string of the molecule is CC(CC#N)S(C)=O. The van der Waals surface area contributed by atoms with Crippen LogP contribution in [0.1, 0.15) is 13.3 Å². The van der Waals surface area contributed by atoms with Crippen molar-refractivity contribution in [2.45, 2.75) is 18.6 Å². The molecule has 2 nitrogen and oxygen atoms in total. The molecule has 0 rings (SSSR count). The fourth-order valence-electron chi connectivity index (χ4n) is 0.246. The first-order valence-electron chi connectivity index (χ1n) is 2.37. The molecule has 8 heavy (non-hydrogen) atoms. The molecule has 0 aliphatic heterocycles. The Morgan fingerprint density at radius 3 is 2.50 bits per heavy atom. The summed E-state index contributed by atoms with van der Waals surface area (Å²) in [4.78, 5) is 0. The van der Waals surface area contributed by atoms with Crippen molar-refractivity contribution in [2.24, 2.45) is 0 Å². The fourth-order valence-corrected chi connectivity index (χ4v) is 0.555. The maximum atomic E-state index is 10.5. The third-order valence-corrected chi connectivity index (χ3v) is 2.25. The van der Waals surface area contributed by atoms with E-state index in [9.17, 15) is 4.21 Å². The second kappa shape index (κ2) is 3.62. The monoisotopic (exact) mass is 131 g/mol. The third kappa shape index (κ3) is 2.75. The quantitative estimate of drug-likeness (QED) is 0.552. The normalized spacial score (nSPS) is 16.6. The van der Waals surface area contributed by atoms with Gasteiger partial charge >= 0.3 is 0 Å². The number of rotatable bonds is 2. The molecule has 0 aromatic carbocycles. The highest BCUT2D eigenvalue weighted by Gasteiger charge is 2.02. The van der Waals surface area contributed by atoms with Gasteiger partial charge in [-0.3, -0.25) is 4.21 Å². The molecule has 3 heteroatoms. The van der Waals surface area contributed by atoms with Crippen LogP contribution in [0.4, 0.5) is 0 Å².